The first kappa shape index (κ1) is 14.6. The zero-order valence-corrected chi connectivity index (χ0v) is 11.7. The van der Waals surface area contributed by atoms with Crippen LogP contribution in [0.5, 0.6) is 0 Å². The third-order valence-electron chi connectivity index (χ3n) is 3.71. The lowest BCUT2D eigenvalue weighted by atomic mass is 9.96. The molecule has 0 amide bonds. The molecule has 0 saturated heterocycles. The summed E-state index contributed by atoms with van der Waals surface area (Å²) in [6.45, 7) is 0.463. The zero-order chi connectivity index (χ0) is 15.7. The van der Waals surface area contributed by atoms with Crippen molar-refractivity contribution in [1.82, 2.24) is 0 Å². The van der Waals surface area contributed by atoms with Crippen molar-refractivity contribution in [3.8, 4) is 11.1 Å². The molecule has 0 saturated carbocycles. The van der Waals surface area contributed by atoms with Crippen LogP contribution in [0.4, 0.5) is 13.2 Å². The number of fused-ring (bicyclic) bond motifs is 1. The van der Waals surface area contributed by atoms with E-state index in [0.717, 1.165) is 28.1 Å². The molecule has 0 aliphatic carbocycles. The van der Waals surface area contributed by atoms with Crippen molar-refractivity contribution < 1.29 is 13.2 Å². The van der Waals surface area contributed by atoms with Gasteiger partial charge >= 0.3 is 6.18 Å². The Morgan fingerprint density at radius 3 is 2.23 bits per heavy atom. The van der Waals surface area contributed by atoms with Crippen molar-refractivity contribution in [2.75, 3.05) is 0 Å². The normalized spacial score (nSPS) is 11.8. The summed E-state index contributed by atoms with van der Waals surface area (Å²) in [5.74, 6) is 0. The fourth-order valence-electron chi connectivity index (χ4n) is 2.53. The standard InChI is InChI=1S/C18H14F3N/c19-18(20,21)15-8-9-17-14(10-15)2-1-3-16(17)13-6-4-12(11-22)5-7-13/h1-10H,11,22H2. The molecule has 0 aliphatic rings. The molecule has 0 radical (unpaired) electrons. The van der Waals surface area contributed by atoms with Crippen molar-refractivity contribution in [3.05, 3.63) is 71.8 Å². The Balaban J connectivity index is 2.14. The molecular formula is C18H14F3N. The highest BCUT2D eigenvalue weighted by molar-refractivity contribution is 5.97. The van der Waals surface area contributed by atoms with Gasteiger partial charge in [-0.05, 0) is 39.6 Å². The minimum Gasteiger partial charge on any atom is -0.326 e. The molecule has 0 atom stereocenters. The van der Waals surface area contributed by atoms with Gasteiger partial charge in [0, 0.05) is 6.54 Å². The number of benzene rings is 3. The van der Waals surface area contributed by atoms with Crippen LogP contribution in [0.15, 0.2) is 60.7 Å². The first-order chi connectivity index (χ1) is 10.5. The van der Waals surface area contributed by atoms with Gasteiger partial charge in [0.25, 0.3) is 0 Å². The lowest BCUT2D eigenvalue weighted by Gasteiger charge is -2.11. The summed E-state index contributed by atoms with van der Waals surface area (Å²) in [6, 6.07) is 17.0. The van der Waals surface area contributed by atoms with Gasteiger partial charge in [-0.15, -0.1) is 0 Å². The second-order valence-electron chi connectivity index (χ2n) is 5.14. The van der Waals surface area contributed by atoms with Crippen molar-refractivity contribution in [2.24, 2.45) is 5.73 Å². The highest BCUT2D eigenvalue weighted by Crippen LogP contribution is 2.34. The Morgan fingerprint density at radius 1 is 0.864 bits per heavy atom. The van der Waals surface area contributed by atoms with E-state index in [4.69, 9.17) is 5.73 Å². The van der Waals surface area contributed by atoms with E-state index in [-0.39, 0.29) is 0 Å². The highest BCUT2D eigenvalue weighted by atomic mass is 19.4. The Kier molecular flexibility index (Phi) is 3.62. The summed E-state index contributed by atoms with van der Waals surface area (Å²) < 4.78 is 38.4. The van der Waals surface area contributed by atoms with Crippen molar-refractivity contribution >= 4 is 10.8 Å². The predicted octanol–water partition coefficient (Wildman–Crippen LogP) is 4.98. The first-order valence-electron chi connectivity index (χ1n) is 6.88. The van der Waals surface area contributed by atoms with Gasteiger partial charge in [0.05, 0.1) is 5.56 Å². The molecule has 0 heterocycles. The topological polar surface area (TPSA) is 26.0 Å². The molecule has 22 heavy (non-hydrogen) atoms. The number of halogens is 3. The molecule has 0 bridgehead atoms. The number of nitrogens with two attached hydrogens (primary N) is 1. The first-order valence-corrected chi connectivity index (χ1v) is 6.88. The van der Waals surface area contributed by atoms with E-state index in [9.17, 15) is 13.2 Å². The molecule has 4 heteroatoms. The maximum Gasteiger partial charge on any atom is 0.416 e. The van der Waals surface area contributed by atoms with Gasteiger partial charge < -0.3 is 5.73 Å². The smallest absolute Gasteiger partial charge is 0.326 e. The third-order valence-corrected chi connectivity index (χ3v) is 3.71. The van der Waals surface area contributed by atoms with Crippen LogP contribution in [0.3, 0.4) is 0 Å². The Bertz CT molecular complexity index is 805. The van der Waals surface area contributed by atoms with Crippen LogP contribution < -0.4 is 5.73 Å². The molecule has 2 N–H and O–H groups in total. The lowest BCUT2D eigenvalue weighted by molar-refractivity contribution is -0.137. The molecule has 0 spiro atoms. The van der Waals surface area contributed by atoms with E-state index in [1.165, 1.54) is 12.1 Å². The molecular weight excluding hydrogens is 287 g/mol. The van der Waals surface area contributed by atoms with Crippen LogP contribution in [0.1, 0.15) is 11.1 Å². The van der Waals surface area contributed by atoms with E-state index in [0.29, 0.717) is 11.9 Å². The zero-order valence-electron chi connectivity index (χ0n) is 11.7. The molecule has 1 nitrogen and oxygen atoms in total. The fraction of sp³-hybridized carbons (Fsp3) is 0.111. The van der Waals surface area contributed by atoms with Gasteiger partial charge in [-0.25, -0.2) is 0 Å². The maximum atomic E-state index is 12.8. The van der Waals surface area contributed by atoms with Crippen LogP contribution in [0, 0.1) is 0 Å². The number of hydrogen-bond acceptors (Lipinski definition) is 1. The van der Waals surface area contributed by atoms with Crippen molar-refractivity contribution in [3.63, 3.8) is 0 Å². The average molecular weight is 301 g/mol. The van der Waals surface area contributed by atoms with E-state index in [1.807, 2.05) is 30.3 Å². The summed E-state index contributed by atoms with van der Waals surface area (Å²) in [5.41, 5.74) is 7.84. The van der Waals surface area contributed by atoms with Crippen molar-refractivity contribution in [2.45, 2.75) is 12.7 Å². The Morgan fingerprint density at radius 2 is 1.59 bits per heavy atom. The average Bonchev–Trinajstić information content (AvgIpc) is 2.53. The van der Waals surface area contributed by atoms with Crippen LogP contribution in [-0.2, 0) is 12.7 Å². The van der Waals surface area contributed by atoms with E-state index in [2.05, 4.69) is 0 Å². The van der Waals surface area contributed by atoms with E-state index < -0.39 is 11.7 Å². The fourth-order valence-corrected chi connectivity index (χ4v) is 2.53. The summed E-state index contributed by atoms with van der Waals surface area (Å²) in [7, 11) is 0. The second-order valence-corrected chi connectivity index (χ2v) is 5.14. The predicted molar refractivity (Wildman–Crippen MR) is 82.3 cm³/mol. The Hall–Kier alpha value is -2.33. The molecule has 0 aromatic heterocycles. The van der Waals surface area contributed by atoms with Gasteiger partial charge in [0.2, 0.25) is 0 Å². The van der Waals surface area contributed by atoms with Gasteiger partial charge in [-0.3, -0.25) is 0 Å². The van der Waals surface area contributed by atoms with Crippen LogP contribution in [0.2, 0.25) is 0 Å². The van der Waals surface area contributed by atoms with Gasteiger partial charge in [-0.1, -0.05) is 48.5 Å². The maximum absolute atomic E-state index is 12.8. The van der Waals surface area contributed by atoms with Crippen molar-refractivity contribution in [1.29, 1.82) is 0 Å². The molecule has 0 unspecified atom stereocenters. The number of hydrogen-bond donors (Lipinski definition) is 1. The molecule has 0 fully saturated rings. The molecule has 0 aliphatic heterocycles. The highest BCUT2D eigenvalue weighted by Gasteiger charge is 2.30. The van der Waals surface area contributed by atoms with Crippen LogP contribution >= 0.6 is 0 Å². The largest absolute Gasteiger partial charge is 0.416 e. The lowest BCUT2D eigenvalue weighted by Crippen LogP contribution is -2.04. The van der Waals surface area contributed by atoms with Gasteiger partial charge in [-0.2, -0.15) is 13.2 Å². The van der Waals surface area contributed by atoms with Gasteiger partial charge in [0.15, 0.2) is 0 Å². The van der Waals surface area contributed by atoms with Crippen LogP contribution in [-0.4, -0.2) is 0 Å². The quantitative estimate of drug-likeness (QED) is 0.709. The summed E-state index contributed by atoms with van der Waals surface area (Å²) in [6.07, 6.45) is -4.33. The number of rotatable bonds is 2. The summed E-state index contributed by atoms with van der Waals surface area (Å²) in [5, 5.41) is 1.38. The summed E-state index contributed by atoms with van der Waals surface area (Å²) in [4.78, 5) is 0. The Labute approximate surface area is 126 Å². The SMILES string of the molecule is NCc1ccc(-c2cccc3cc(C(F)(F)F)ccc23)cc1. The molecule has 3 aromatic carbocycles. The molecule has 3 aromatic rings. The second kappa shape index (κ2) is 5.46. The third kappa shape index (κ3) is 2.70. The van der Waals surface area contributed by atoms with E-state index >= 15 is 0 Å². The minimum absolute atomic E-state index is 0.463. The van der Waals surface area contributed by atoms with E-state index in [1.54, 1.807) is 12.1 Å². The monoisotopic (exact) mass is 301 g/mol. The molecule has 112 valence electrons. The van der Waals surface area contributed by atoms with Crippen LogP contribution in [0.25, 0.3) is 21.9 Å². The number of alkyl halides is 3. The summed E-state index contributed by atoms with van der Waals surface area (Å²) >= 11 is 0. The minimum atomic E-state index is -4.33. The molecule has 3 rings (SSSR count). The van der Waals surface area contributed by atoms with Gasteiger partial charge in [0.1, 0.15) is 0 Å².